The van der Waals surface area contributed by atoms with E-state index in [1.54, 1.807) is 0 Å². The van der Waals surface area contributed by atoms with Gasteiger partial charge >= 0.3 is 0 Å². The number of ether oxygens (including phenoxy) is 2. The summed E-state index contributed by atoms with van der Waals surface area (Å²) in [7, 11) is 0. The van der Waals surface area contributed by atoms with Gasteiger partial charge in [0.25, 0.3) is 0 Å². The molecule has 0 aliphatic heterocycles. The van der Waals surface area contributed by atoms with Gasteiger partial charge in [0.2, 0.25) is 0 Å². The van der Waals surface area contributed by atoms with Crippen LogP contribution in [0.25, 0.3) is 0 Å². The van der Waals surface area contributed by atoms with E-state index >= 15 is 0 Å². The molecule has 0 atom stereocenters. The van der Waals surface area contributed by atoms with E-state index in [2.05, 4.69) is 31.6 Å². The molecular formula is C21H21O2. The molecule has 2 rings (SSSR count). The highest BCUT2D eigenvalue weighted by atomic mass is 16.5. The predicted molar refractivity (Wildman–Crippen MR) is 93.3 cm³/mol. The molecule has 117 valence electrons. The molecule has 1 fully saturated rings. The Kier molecular flexibility index (Phi) is 6.89. The van der Waals surface area contributed by atoms with Crippen molar-refractivity contribution >= 4 is 0 Å². The van der Waals surface area contributed by atoms with Crippen LogP contribution in [0.15, 0.2) is 12.1 Å². The van der Waals surface area contributed by atoms with Gasteiger partial charge in [0.05, 0.1) is 30.3 Å². The Morgan fingerprint density at radius 1 is 0.870 bits per heavy atom. The van der Waals surface area contributed by atoms with Crippen LogP contribution >= 0.6 is 0 Å². The second kappa shape index (κ2) is 9.16. The van der Waals surface area contributed by atoms with Crippen LogP contribution in [0.4, 0.5) is 0 Å². The first-order valence-corrected chi connectivity index (χ1v) is 7.92. The average Bonchev–Trinajstić information content (AvgIpc) is 3.09. The van der Waals surface area contributed by atoms with Crippen molar-refractivity contribution in [2.45, 2.75) is 26.7 Å². The topological polar surface area (TPSA) is 18.5 Å². The second-order valence-electron chi connectivity index (χ2n) is 5.11. The fourth-order valence-electron chi connectivity index (χ4n) is 2.03. The Hall–Kier alpha value is -2.06. The highest BCUT2D eigenvalue weighted by molar-refractivity contribution is 5.60. The molecule has 5 radical (unpaired) electrons. The third-order valence-electron chi connectivity index (χ3n) is 3.16. The summed E-state index contributed by atoms with van der Waals surface area (Å²) in [5.74, 6) is 11.3. The summed E-state index contributed by atoms with van der Waals surface area (Å²) < 4.78 is 11.6. The summed E-state index contributed by atoms with van der Waals surface area (Å²) in [6.07, 6.45) is 15.3. The molecule has 23 heavy (non-hydrogen) atoms. The Bertz CT molecular complexity index is 607. The Labute approximate surface area is 140 Å². The van der Waals surface area contributed by atoms with Crippen LogP contribution in [0, 0.1) is 55.8 Å². The van der Waals surface area contributed by atoms with Gasteiger partial charge in [-0.3, -0.25) is 0 Å². The number of terminal acetylenes is 1. The van der Waals surface area contributed by atoms with Crippen LogP contribution in [-0.4, -0.2) is 13.2 Å². The van der Waals surface area contributed by atoms with E-state index in [1.165, 1.54) is 0 Å². The molecule has 0 bridgehead atoms. The molecule has 1 aromatic carbocycles. The van der Waals surface area contributed by atoms with Crippen LogP contribution in [0.1, 0.15) is 37.8 Å². The Balaban J connectivity index is 2.32. The molecule has 1 aliphatic rings. The average molecular weight is 305 g/mol. The summed E-state index contributed by atoms with van der Waals surface area (Å²) in [5.41, 5.74) is 1.49. The van der Waals surface area contributed by atoms with E-state index in [4.69, 9.17) is 15.9 Å². The minimum Gasteiger partial charge on any atom is -0.492 e. The van der Waals surface area contributed by atoms with E-state index in [0.717, 1.165) is 24.3 Å². The van der Waals surface area contributed by atoms with E-state index in [1.807, 2.05) is 37.8 Å². The van der Waals surface area contributed by atoms with E-state index in [9.17, 15) is 0 Å². The lowest BCUT2D eigenvalue weighted by Crippen LogP contribution is -2.02. The van der Waals surface area contributed by atoms with Crippen LogP contribution < -0.4 is 9.47 Å². The quantitative estimate of drug-likeness (QED) is 0.740. The summed E-state index contributed by atoms with van der Waals surface area (Å²) in [5, 5.41) is 0. The predicted octanol–water partition coefficient (Wildman–Crippen LogP) is 4.00. The molecule has 0 spiro atoms. The SMILES string of the molecule is C#Cc1cc(OCCC)c(C#C[C]2[CH][CH][CH][CH]2)cc1OCCC. The normalized spacial score (nSPS) is 14.0. The standard InChI is InChI=1S/C21H21O2/c1-4-13-22-20-16-19(12-11-17-9-7-8-10-17)21(23-14-5-2)15-18(20)6-3/h3,7-10,15-16H,4-5,13-14H2,1-2H3. The molecule has 0 saturated heterocycles. The maximum atomic E-state index is 5.80. The minimum atomic E-state index is 0.625. The molecule has 1 saturated carbocycles. The fourth-order valence-corrected chi connectivity index (χ4v) is 2.03. The highest BCUT2D eigenvalue weighted by Crippen LogP contribution is 2.29. The van der Waals surface area contributed by atoms with Crippen molar-refractivity contribution in [3.05, 3.63) is 54.9 Å². The van der Waals surface area contributed by atoms with Gasteiger partial charge in [-0.15, -0.1) is 6.42 Å². The molecule has 1 aromatic rings. The van der Waals surface area contributed by atoms with Crippen molar-refractivity contribution in [2.24, 2.45) is 0 Å². The molecule has 0 amide bonds. The van der Waals surface area contributed by atoms with Crippen molar-refractivity contribution in [2.75, 3.05) is 13.2 Å². The van der Waals surface area contributed by atoms with Gasteiger partial charge in [-0.1, -0.05) is 31.6 Å². The molecule has 0 unspecified atom stereocenters. The Morgan fingerprint density at radius 3 is 2.00 bits per heavy atom. The summed E-state index contributed by atoms with van der Waals surface area (Å²) in [6.45, 7) is 5.38. The first-order chi connectivity index (χ1) is 11.3. The molecule has 1 aliphatic carbocycles. The van der Waals surface area contributed by atoms with Gasteiger partial charge < -0.3 is 9.47 Å². The number of hydrogen-bond acceptors (Lipinski definition) is 2. The molecule has 2 heteroatoms. The summed E-state index contributed by atoms with van der Waals surface area (Å²) in [4.78, 5) is 0. The molecule has 2 nitrogen and oxygen atoms in total. The van der Waals surface area contributed by atoms with Crippen LogP contribution in [0.3, 0.4) is 0 Å². The summed E-state index contributed by atoms with van der Waals surface area (Å²) in [6, 6.07) is 3.72. The lowest BCUT2D eigenvalue weighted by molar-refractivity contribution is 0.307. The van der Waals surface area contributed by atoms with Gasteiger partial charge in [0.1, 0.15) is 11.5 Å². The van der Waals surface area contributed by atoms with Crippen molar-refractivity contribution in [1.29, 1.82) is 0 Å². The van der Waals surface area contributed by atoms with Gasteiger partial charge in [0, 0.05) is 12.1 Å². The zero-order valence-corrected chi connectivity index (χ0v) is 13.7. The smallest absolute Gasteiger partial charge is 0.136 e. The minimum absolute atomic E-state index is 0.625. The van der Waals surface area contributed by atoms with Crippen molar-refractivity contribution in [1.82, 2.24) is 0 Å². The van der Waals surface area contributed by atoms with Crippen LogP contribution in [-0.2, 0) is 0 Å². The maximum absolute atomic E-state index is 5.80. The molecule has 0 aromatic heterocycles. The number of benzene rings is 1. The number of rotatable bonds is 6. The van der Waals surface area contributed by atoms with Gasteiger partial charge in [-0.05, 0) is 38.5 Å². The van der Waals surface area contributed by atoms with E-state index < -0.39 is 0 Å². The van der Waals surface area contributed by atoms with Crippen molar-refractivity contribution in [3.63, 3.8) is 0 Å². The highest BCUT2D eigenvalue weighted by Gasteiger charge is 2.15. The van der Waals surface area contributed by atoms with E-state index in [-0.39, 0.29) is 0 Å². The molecule has 0 N–H and O–H groups in total. The lowest BCUT2D eigenvalue weighted by atomic mass is 10.1. The van der Waals surface area contributed by atoms with Gasteiger partial charge in [-0.2, -0.15) is 0 Å². The van der Waals surface area contributed by atoms with Crippen LogP contribution in [0.5, 0.6) is 11.5 Å². The molecule has 0 heterocycles. The second-order valence-corrected chi connectivity index (χ2v) is 5.11. The van der Waals surface area contributed by atoms with Gasteiger partial charge in [-0.25, -0.2) is 0 Å². The van der Waals surface area contributed by atoms with Crippen LogP contribution in [0.2, 0.25) is 0 Å². The van der Waals surface area contributed by atoms with Crippen molar-refractivity contribution < 1.29 is 9.47 Å². The zero-order valence-electron chi connectivity index (χ0n) is 13.7. The lowest BCUT2D eigenvalue weighted by Gasteiger charge is -2.13. The van der Waals surface area contributed by atoms with E-state index in [0.29, 0.717) is 30.3 Å². The zero-order chi connectivity index (χ0) is 16.5. The Morgan fingerprint density at radius 2 is 1.43 bits per heavy atom. The first kappa shape index (κ1) is 17.3. The first-order valence-electron chi connectivity index (χ1n) is 7.92. The maximum Gasteiger partial charge on any atom is 0.136 e. The number of hydrogen-bond donors (Lipinski definition) is 0. The largest absolute Gasteiger partial charge is 0.492 e. The third-order valence-corrected chi connectivity index (χ3v) is 3.16. The molecular weight excluding hydrogens is 284 g/mol. The third kappa shape index (κ3) is 4.97. The monoisotopic (exact) mass is 305 g/mol. The van der Waals surface area contributed by atoms with Crippen molar-refractivity contribution in [3.8, 4) is 35.7 Å². The summed E-state index contributed by atoms with van der Waals surface area (Å²) >= 11 is 0. The fraction of sp³-hybridized carbons (Fsp3) is 0.286. The van der Waals surface area contributed by atoms with Gasteiger partial charge in [0.15, 0.2) is 0 Å².